The van der Waals surface area contributed by atoms with Crippen LogP contribution in [0.1, 0.15) is 30.1 Å². The maximum atomic E-state index is 6.18. The van der Waals surface area contributed by atoms with Gasteiger partial charge in [-0.1, -0.05) is 11.6 Å². The Labute approximate surface area is 99.0 Å². The largest absolute Gasteiger partial charge is 0.342 e. The molecule has 0 aliphatic heterocycles. The van der Waals surface area contributed by atoms with E-state index in [1.54, 1.807) is 0 Å². The Balaban J connectivity index is 2.08. The summed E-state index contributed by atoms with van der Waals surface area (Å²) < 4.78 is 0. The molecular weight excluding hydrogens is 222 g/mol. The van der Waals surface area contributed by atoms with Gasteiger partial charge in [-0.25, -0.2) is 4.98 Å². The molecule has 1 aromatic heterocycles. The fourth-order valence-corrected chi connectivity index (χ4v) is 2.25. The summed E-state index contributed by atoms with van der Waals surface area (Å²) in [5.74, 6) is 1.75. The summed E-state index contributed by atoms with van der Waals surface area (Å²) in [6.45, 7) is 0.620. The molecule has 0 amide bonds. The van der Waals surface area contributed by atoms with Crippen molar-refractivity contribution in [2.45, 2.75) is 25.2 Å². The van der Waals surface area contributed by atoms with Crippen LogP contribution in [0.2, 0.25) is 5.02 Å². The third kappa shape index (κ3) is 1.70. The number of benzene rings is 1. The highest BCUT2D eigenvalue weighted by Gasteiger charge is 2.26. The number of hydrogen-bond donors (Lipinski definition) is 2. The Hall–Kier alpha value is -1.06. The first kappa shape index (κ1) is 10.1. The average molecular weight is 236 g/mol. The van der Waals surface area contributed by atoms with Crippen molar-refractivity contribution in [3.63, 3.8) is 0 Å². The van der Waals surface area contributed by atoms with Crippen LogP contribution in [0.15, 0.2) is 12.1 Å². The molecule has 84 valence electrons. The molecular formula is C12H14ClN3. The fraction of sp³-hybridized carbons (Fsp3) is 0.417. The number of aromatic nitrogens is 2. The monoisotopic (exact) mass is 235 g/mol. The van der Waals surface area contributed by atoms with E-state index in [-0.39, 0.29) is 0 Å². The summed E-state index contributed by atoms with van der Waals surface area (Å²) in [5, 5.41) is 0.770. The standard InChI is InChI=1S/C12H14ClN3/c13-9-6-11-10(5-8(9)3-4-14)15-12(16-11)7-1-2-7/h5-7H,1-4,14H2,(H,15,16). The molecule has 1 aliphatic rings. The van der Waals surface area contributed by atoms with E-state index < -0.39 is 0 Å². The van der Waals surface area contributed by atoms with Gasteiger partial charge in [0.15, 0.2) is 0 Å². The van der Waals surface area contributed by atoms with Crippen molar-refractivity contribution in [3.05, 3.63) is 28.5 Å². The second-order valence-electron chi connectivity index (χ2n) is 4.40. The van der Waals surface area contributed by atoms with E-state index in [2.05, 4.69) is 16.0 Å². The van der Waals surface area contributed by atoms with Gasteiger partial charge in [0.2, 0.25) is 0 Å². The molecule has 16 heavy (non-hydrogen) atoms. The van der Waals surface area contributed by atoms with Gasteiger partial charge in [-0.05, 0) is 43.5 Å². The van der Waals surface area contributed by atoms with Gasteiger partial charge in [0, 0.05) is 10.9 Å². The van der Waals surface area contributed by atoms with Crippen LogP contribution in [0.5, 0.6) is 0 Å². The van der Waals surface area contributed by atoms with Crippen LogP contribution in [0.3, 0.4) is 0 Å². The summed E-state index contributed by atoms with van der Waals surface area (Å²) in [6.07, 6.45) is 3.32. The van der Waals surface area contributed by atoms with Crippen LogP contribution in [0, 0.1) is 0 Å². The number of nitrogens with one attached hydrogen (secondary N) is 1. The van der Waals surface area contributed by atoms with Gasteiger partial charge in [0.1, 0.15) is 5.82 Å². The summed E-state index contributed by atoms with van der Waals surface area (Å²) in [5.41, 5.74) is 8.70. The van der Waals surface area contributed by atoms with Gasteiger partial charge in [0.05, 0.1) is 11.0 Å². The number of fused-ring (bicyclic) bond motifs is 1. The molecule has 0 bridgehead atoms. The number of imidazole rings is 1. The van der Waals surface area contributed by atoms with E-state index in [0.29, 0.717) is 12.5 Å². The highest BCUT2D eigenvalue weighted by Crippen LogP contribution is 2.39. The summed E-state index contributed by atoms with van der Waals surface area (Å²) in [4.78, 5) is 7.94. The lowest BCUT2D eigenvalue weighted by atomic mass is 10.1. The smallest absolute Gasteiger partial charge is 0.110 e. The quantitative estimate of drug-likeness (QED) is 0.859. The van der Waals surface area contributed by atoms with Crippen molar-refractivity contribution in [2.75, 3.05) is 6.54 Å². The minimum atomic E-state index is 0.620. The molecule has 1 aromatic carbocycles. The molecule has 3 nitrogen and oxygen atoms in total. The van der Waals surface area contributed by atoms with Gasteiger partial charge in [0.25, 0.3) is 0 Å². The Bertz CT molecular complexity index is 528. The molecule has 4 heteroatoms. The van der Waals surface area contributed by atoms with Crippen molar-refractivity contribution in [1.29, 1.82) is 0 Å². The number of halogens is 1. The molecule has 0 atom stereocenters. The molecule has 0 unspecified atom stereocenters. The van der Waals surface area contributed by atoms with Crippen LogP contribution in [0.4, 0.5) is 0 Å². The van der Waals surface area contributed by atoms with E-state index in [1.165, 1.54) is 12.8 Å². The van der Waals surface area contributed by atoms with Gasteiger partial charge < -0.3 is 10.7 Å². The Kier molecular flexibility index (Phi) is 2.37. The number of nitrogens with zero attached hydrogens (tertiary/aromatic N) is 1. The zero-order valence-electron chi connectivity index (χ0n) is 8.96. The van der Waals surface area contributed by atoms with Crippen molar-refractivity contribution in [1.82, 2.24) is 9.97 Å². The Morgan fingerprint density at radius 3 is 2.94 bits per heavy atom. The maximum absolute atomic E-state index is 6.18. The predicted molar refractivity (Wildman–Crippen MR) is 65.8 cm³/mol. The van der Waals surface area contributed by atoms with Crippen molar-refractivity contribution in [2.24, 2.45) is 5.73 Å². The van der Waals surface area contributed by atoms with E-state index in [9.17, 15) is 0 Å². The molecule has 3 rings (SSSR count). The van der Waals surface area contributed by atoms with Gasteiger partial charge in [-0.2, -0.15) is 0 Å². The van der Waals surface area contributed by atoms with E-state index in [0.717, 1.165) is 33.9 Å². The molecule has 1 aliphatic carbocycles. The lowest BCUT2D eigenvalue weighted by molar-refractivity contribution is 0.970. The summed E-state index contributed by atoms with van der Waals surface area (Å²) >= 11 is 6.18. The van der Waals surface area contributed by atoms with Crippen LogP contribution < -0.4 is 5.73 Å². The Morgan fingerprint density at radius 1 is 1.44 bits per heavy atom. The zero-order chi connectivity index (χ0) is 11.1. The minimum Gasteiger partial charge on any atom is -0.342 e. The van der Waals surface area contributed by atoms with Crippen LogP contribution >= 0.6 is 11.6 Å². The SMILES string of the molecule is NCCc1cc2[nH]c(C3CC3)nc2cc1Cl. The fourth-order valence-electron chi connectivity index (χ4n) is 1.99. The lowest BCUT2D eigenvalue weighted by Gasteiger charge is -2.01. The van der Waals surface area contributed by atoms with Crippen molar-refractivity contribution < 1.29 is 0 Å². The van der Waals surface area contributed by atoms with E-state index in [4.69, 9.17) is 17.3 Å². The minimum absolute atomic E-state index is 0.620. The third-order valence-corrected chi connectivity index (χ3v) is 3.40. The van der Waals surface area contributed by atoms with Gasteiger partial charge >= 0.3 is 0 Å². The van der Waals surface area contributed by atoms with Crippen LogP contribution in [-0.4, -0.2) is 16.5 Å². The molecule has 1 fully saturated rings. The van der Waals surface area contributed by atoms with Crippen molar-refractivity contribution in [3.8, 4) is 0 Å². The first-order chi connectivity index (χ1) is 7.78. The van der Waals surface area contributed by atoms with E-state index >= 15 is 0 Å². The maximum Gasteiger partial charge on any atom is 0.110 e. The average Bonchev–Trinajstić information content (AvgIpc) is 3.02. The third-order valence-electron chi connectivity index (χ3n) is 3.05. The van der Waals surface area contributed by atoms with Gasteiger partial charge in [-0.3, -0.25) is 0 Å². The van der Waals surface area contributed by atoms with E-state index in [1.807, 2.05) is 6.07 Å². The summed E-state index contributed by atoms with van der Waals surface area (Å²) in [7, 11) is 0. The lowest BCUT2D eigenvalue weighted by Crippen LogP contribution is -2.03. The number of hydrogen-bond acceptors (Lipinski definition) is 2. The first-order valence-corrected chi connectivity index (χ1v) is 6.04. The highest BCUT2D eigenvalue weighted by molar-refractivity contribution is 6.32. The van der Waals surface area contributed by atoms with Crippen LogP contribution in [0.25, 0.3) is 11.0 Å². The summed E-state index contributed by atoms with van der Waals surface area (Å²) in [6, 6.07) is 4.01. The Morgan fingerprint density at radius 2 is 2.25 bits per heavy atom. The second kappa shape index (κ2) is 3.75. The van der Waals surface area contributed by atoms with Crippen molar-refractivity contribution >= 4 is 22.6 Å². The molecule has 1 saturated carbocycles. The number of nitrogens with two attached hydrogens (primary N) is 1. The normalized spacial score (nSPS) is 15.9. The first-order valence-electron chi connectivity index (χ1n) is 5.66. The molecule has 2 aromatic rings. The van der Waals surface area contributed by atoms with Gasteiger partial charge in [-0.15, -0.1) is 0 Å². The van der Waals surface area contributed by atoms with Crippen LogP contribution in [-0.2, 0) is 6.42 Å². The molecule has 3 N–H and O–H groups in total. The second-order valence-corrected chi connectivity index (χ2v) is 4.80. The molecule has 0 radical (unpaired) electrons. The topological polar surface area (TPSA) is 54.7 Å². The number of aromatic amines is 1. The molecule has 1 heterocycles. The number of rotatable bonds is 3. The highest BCUT2D eigenvalue weighted by atomic mass is 35.5. The molecule has 0 spiro atoms. The molecule has 0 saturated heterocycles. The zero-order valence-corrected chi connectivity index (χ0v) is 9.72. The predicted octanol–water partition coefficient (Wildman–Crippen LogP) is 2.59. The number of H-pyrrole nitrogens is 1.